The molecule has 2 aromatic carbocycles. The van der Waals surface area contributed by atoms with E-state index in [1.165, 1.54) is 47.9 Å². The van der Waals surface area contributed by atoms with Gasteiger partial charge in [0.2, 0.25) is 11.8 Å². The van der Waals surface area contributed by atoms with Gasteiger partial charge in [-0.05, 0) is 123 Å². The Morgan fingerprint density at radius 2 is 1.69 bits per heavy atom. The smallest absolute Gasteiger partial charge is 0.255 e. The summed E-state index contributed by atoms with van der Waals surface area (Å²) in [6.45, 7) is 14.3. The third kappa shape index (κ3) is 7.19. The first-order valence-electron chi connectivity index (χ1n) is 21.9. The summed E-state index contributed by atoms with van der Waals surface area (Å²) in [5.41, 5.74) is 7.89. The van der Waals surface area contributed by atoms with Crippen LogP contribution in [0.15, 0.2) is 54.7 Å². The number of amides is 3. The number of aryl methyl sites for hydroxylation is 1. The van der Waals surface area contributed by atoms with Crippen LogP contribution in [0.25, 0.3) is 10.9 Å². The Hall–Kier alpha value is -4.81. The van der Waals surface area contributed by atoms with E-state index in [4.69, 9.17) is 4.98 Å². The predicted molar refractivity (Wildman–Crippen MR) is 227 cm³/mol. The zero-order valence-electron chi connectivity index (χ0n) is 34.7. The van der Waals surface area contributed by atoms with Crippen molar-refractivity contribution < 1.29 is 18.8 Å². The number of pyridine rings is 1. The number of halogens is 1. The minimum absolute atomic E-state index is 0.0631. The molecule has 59 heavy (non-hydrogen) atoms. The first-order valence-corrected chi connectivity index (χ1v) is 21.9. The van der Waals surface area contributed by atoms with Gasteiger partial charge < -0.3 is 19.7 Å². The average Bonchev–Trinajstić information content (AvgIpc) is 3.74. The lowest BCUT2D eigenvalue weighted by molar-refractivity contribution is -0.136. The number of carbonyl (C=O) groups is 3. The number of fused-ring (bicyclic) bond motifs is 4. The van der Waals surface area contributed by atoms with E-state index in [1.54, 1.807) is 18.7 Å². The fourth-order valence-electron chi connectivity index (χ4n) is 11.6. The Balaban J connectivity index is 0.721. The molecule has 1 unspecified atom stereocenters. The van der Waals surface area contributed by atoms with Crippen LogP contribution in [0.3, 0.4) is 0 Å². The average molecular weight is 801 g/mol. The van der Waals surface area contributed by atoms with Gasteiger partial charge in [0.15, 0.2) is 0 Å². The molecule has 0 bridgehead atoms. The maximum Gasteiger partial charge on any atom is 0.255 e. The van der Waals surface area contributed by atoms with Crippen LogP contribution in [-0.4, -0.2) is 113 Å². The fraction of sp³-hybridized carbons (Fsp3) is 0.532. The van der Waals surface area contributed by atoms with Gasteiger partial charge in [0.05, 0.1) is 6.04 Å². The quantitative estimate of drug-likeness (QED) is 0.205. The molecule has 1 spiro atoms. The van der Waals surface area contributed by atoms with Crippen LogP contribution >= 0.6 is 0 Å². The maximum absolute atomic E-state index is 15.1. The maximum atomic E-state index is 15.1. The van der Waals surface area contributed by atoms with Crippen molar-refractivity contribution in [1.82, 2.24) is 30.0 Å². The molecule has 10 rings (SSSR count). The van der Waals surface area contributed by atoms with E-state index in [9.17, 15) is 14.4 Å². The van der Waals surface area contributed by atoms with Gasteiger partial charge in [0, 0.05) is 106 Å². The minimum Gasteiger partial charge on any atom is -0.369 e. The lowest BCUT2D eigenvalue weighted by atomic mass is 9.57. The summed E-state index contributed by atoms with van der Waals surface area (Å²) >= 11 is 0. The summed E-state index contributed by atoms with van der Waals surface area (Å²) in [4.78, 5) is 57.6. The zero-order valence-corrected chi connectivity index (χ0v) is 34.7. The molecule has 1 aliphatic carbocycles. The Kier molecular flexibility index (Phi) is 9.58. The van der Waals surface area contributed by atoms with Gasteiger partial charge in [-0.25, -0.2) is 9.37 Å². The fourth-order valence-corrected chi connectivity index (χ4v) is 11.6. The van der Waals surface area contributed by atoms with Crippen LogP contribution in [0.4, 0.5) is 15.9 Å². The highest BCUT2D eigenvalue weighted by atomic mass is 19.1. The van der Waals surface area contributed by atoms with Crippen molar-refractivity contribution in [1.29, 1.82) is 0 Å². The van der Waals surface area contributed by atoms with Gasteiger partial charge in [-0.1, -0.05) is 18.2 Å². The minimum atomic E-state index is -1.30. The van der Waals surface area contributed by atoms with E-state index < -0.39 is 11.7 Å². The number of benzene rings is 2. The van der Waals surface area contributed by atoms with E-state index in [-0.39, 0.29) is 30.2 Å². The predicted octanol–water partition coefficient (Wildman–Crippen LogP) is 6.15. The lowest BCUT2D eigenvalue weighted by Crippen LogP contribution is -2.53. The number of carbonyl (C=O) groups excluding carboxylic acids is 3. The Morgan fingerprint density at radius 3 is 2.44 bits per heavy atom. The molecule has 4 fully saturated rings. The Bertz CT molecular complexity index is 2290. The lowest BCUT2D eigenvalue weighted by Gasteiger charge is -2.54. The molecule has 1 saturated carbocycles. The van der Waals surface area contributed by atoms with Crippen LogP contribution < -0.4 is 15.1 Å². The second-order valence-electron chi connectivity index (χ2n) is 19.1. The van der Waals surface area contributed by atoms with Gasteiger partial charge in [-0.2, -0.15) is 0 Å². The molecule has 5 aliphatic heterocycles. The van der Waals surface area contributed by atoms with E-state index in [0.29, 0.717) is 30.5 Å². The summed E-state index contributed by atoms with van der Waals surface area (Å²) in [5.74, 6) is 1.08. The molecule has 2 aromatic heterocycles. The monoisotopic (exact) mass is 800 g/mol. The van der Waals surface area contributed by atoms with Crippen LogP contribution in [0.1, 0.15) is 96.7 Å². The number of nitrogens with zero attached hydrogens (tertiary/aromatic N) is 6. The van der Waals surface area contributed by atoms with E-state index >= 15 is 4.39 Å². The molecule has 310 valence electrons. The number of piperazine rings is 1. The van der Waals surface area contributed by atoms with Crippen molar-refractivity contribution in [2.24, 2.45) is 11.3 Å². The van der Waals surface area contributed by atoms with E-state index in [2.05, 4.69) is 79.4 Å². The topological polar surface area (TPSA) is 108 Å². The molecule has 3 saturated heterocycles. The summed E-state index contributed by atoms with van der Waals surface area (Å²) in [6, 6.07) is 16.3. The third-order valence-electron chi connectivity index (χ3n) is 14.4. The summed E-state index contributed by atoms with van der Waals surface area (Å²) in [7, 11) is 0. The number of alkyl halides is 1. The second-order valence-corrected chi connectivity index (χ2v) is 19.1. The zero-order chi connectivity index (χ0) is 40.6. The largest absolute Gasteiger partial charge is 0.369 e. The number of aromatic nitrogens is 2. The molecule has 0 radical (unpaired) electrons. The van der Waals surface area contributed by atoms with Crippen molar-refractivity contribution in [3.05, 3.63) is 88.2 Å². The molecule has 11 nitrogen and oxygen atoms in total. The Morgan fingerprint density at radius 1 is 0.915 bits per heavy atom. The van der Waals surface area contributed by atoms with Gasteiger partial charge in [-0.3, -0.25) is 29.5 Å². The number of aromatic amines is 1. The summed E-state index contributed by atoms with van der Waals surface area (Å²) in [5, 5.41) is 3.66. The van der Waals surface area contributed by atoms with Crippen molar-refractivity contribution in [3.8, 4) is 0 Å². The van der Waals surface area contributed by atoms with Gasteiger partial charge in [0.1, 0.15) is 17.5 Å². The van der Waals surface area contributed by atoms with Crippen LogP contribution in [0.5, 0.6) is 0 Å². The number of H-pyrrole nitrogens is 1. The van der Waals surface area contributed by atoms with Crippen molar-refractivity contribution >= 4 is 40.1 Å². The standard InChI is InChI=1S/C47H57FN8O3/c1-30-22-32(42-41-37(12-15-55(42)29-46(2,3)48)36-6-4-5-7-38(36)50-41)26-49-43(30)54-16-13-47(14-17-54)24-31(25-47)27-52-18-20-53(21-19-52)34-8-9-35-33(23-34)28-56(45(35)59)39-10-11-40(57)51-44(39)58/h4-9,22-23,26,31,39,42,50H,10-21,24-25,27-29H2,1-3H3,(H,51,57,58)/t39?,42-/m1/s1. The molecule has 7 heterocycles. The number of rotatable bonds is 8. The SMILES string of the molecule is Cc1cc([C@@H]2c3[nH]c4ccccc4c3CCN2CC(C)(C)F)cnc1N1CCC2(CC1)CC(CN1CCN(c3ccc4c(c3)CN(C3CCC(=O)NC3=O)C4=O)CC1)C2. The second kappa shape index (κ2) is 14.7. The van der Waals surface area contributed by atoms with Crippen molar-refractivity contribution in [2.45, 2.75) is 90.0 Å². The van der Waals surface area contributed by atoms with Crippen molar-refractivity contribution in [2.75, 3.05) is 68.7 Å². The van der Waals surface area contributed by atoms with Crippen LogP contribution in [0.2, 0.25) is 0 Å². The highest BCUT2D eigenvalue weighted by molar-refractivity contribution is 6.05. The number of hydrogen-bond acceptors (Lipinski definition) is 8. The number of hydrogen-bond donors (Lipinski definition) is 2. The number of imide groups is 1. The molecular weight excluding hydrogens is 744 g/mol. The first-order chi connectivity index (χ1) is 28.4. The molecule has 6 aliphatic rings. The third-order valence-corrected chi connectivity index (χ3v) is 14.4. The Labute approximate surface area is 346 Å². The highest BCUT2D eigenvalue weighted by Gasteiger charge is 2.47. The molecule has 3 amide bonds. The summed E-state index contributed by atoms with van der Waals surface area (Å²) in [6.07, 6.45) is 8.64. The van der Waals surface area contributed by atoms with Crippen LogP contribution in [-0.2, 0) is 22.6 Å². The summed E-state index contributed by atoms with van der Waals surface area (Å²) < 4.78 is 15.1. The van der Waals surface area contributed by atoms with Crippen LogP contribution in [0, 0.1) is 18.3 Å². The van der Waals surface area contributed by atoms with Crippen molar-refractivity contribution in [3.63, 3.8) is 0 Å². The van der Waals surface area contributed by atoms with Gasteiger partial charge >= 0.3 is 0 Å². The number of nitrogens with one attached hydrogen (secondary N) is 2. The molecule has 2 atom stereocenters. The highest BCUT2D eigenvalue weighted by Crippen LogP contribution is 2.53. The normalized spacial score (nSPS) is 24.1. The van der Waals surface area contributed by atoms with E-state index in [0.717, 1.165) is 92.8 Å². The number of piperidine rings is 2. The first kappa shape index (κ1) is 38.4. The van der Waals surface area contributed by atoms with Gasteiger partial charge in [0.25, 0.3) is 5.91 Å². The number of anilines is 2. The molecule has 12 heteroatoms. The molecule has 4 aromatic rings. The van der Waals surface area contributed by atoms with Gasteiger partial charge in [-0.15, -0.1) is 0 Å². The molecular formula is C47H57FN8O3. The molecule has 2 N–H and O–H groups in total. The van der Waals surface area contributed by atoms with E-state index in [1.807, 2.05) is 12.1 Å². The number of para-hydroxylation sites is 1.